The third-order valence-corrected chi connectivity index (χ3v) is 2.40. The molecule has 2 rings (SSSR count). The molecule has 6 heteroatoms. The first kappa shape index (κ1) is 7.97. The Morgan fingerprint density at radius 3 is 3.25 bits per heavy atom. The van der Waals surface area contributed by atoms with Gasteiger partial charge in [-0.05, 0) is 0 Å². The van der Waals surface area contributed by atoms with E-state index in [1.54, 1.807) is 17.8 Å². The number of methoxy groups -OCH3 is 1. The van der Waals surface area contributed by atoms with Gasteiger partial charge in [-0.2, -0.15) is 5.10 Å². The van der Waals surface area contributed by atoms with E-state index in [2.05, 4.69) is 10.1 Å². The number of aromatic nitrogens is 3. The number of hydrogen-bond acceptors (Lipinski definition) is 4. The molecular weight excluding hydrogens is 198 g/mol. The summed E-state index contributed by atoms with van der Waals surface area (Å²) in [6.07, 6.45) is 1.67. The summed E-state index contributed by atoms with van der Waals surface area (Å²) in [5, 5.41) is 5.56. The monoisotopic (exact) mass is 203 g/mol. The maximum absolute atomic E-state index is 5.66. The lowest BCUT2D eigenvalue weighted by Crippen LogP contribution is -1.87. The zero-order valence-electron chi connectivity index (χ0n) is 6.32. The lowest BCUT2D eigenvalue weighted by molar-refractivity contribution is 0.183. The van der Waals surface area contributed by atoms with E-state index in [9.17, 15) is 0 Å². The molecule has 64 valence electrons. The molecule has 0 bridgehead atoms. The second-order valence-corrected chi connectivity index (χ2v) is 3.65. The van der Waals surface area contributed by atoms with Gasteiger partial charge in [-0.25, -0.2) is 9.50 Å². The lowest BCUT2D eigenvalue weighted by atomic mass is 10.8. The molecule has 2 heterocycles. The first-order chi connectivity index (χ1) is 5.79. The Hall–Kier alpha value is -0.650. The maximum atomic E-state index is 5.66. The van der Waals surface area contributed by atoms with Crippen molar-refractivity contribution in [2.75, 3.05) is 7.11 Å². The zero-order valence-corrected chi connectivity index (χ0v) is 7.89. The van der Waals surface area contributed by atoms with Crippen molar-refractivity contribution in [3.05, 3.63) is 16.4 Å². The molecule has 0 radical (unpaired) electrons. The Morgan fingerprint density at radius 1 is 1.75 bits per heavy atom. The van der Waals surface area contributed by atoms with E-state index in [1.165, 1.54) is 11.3 Å². The second-order valence-electron chi connectivity index (χ2n) is 2.22. The SMILES string of the molecule is COCc1nn2cc(Cl)nc2s1. The van der Waals surface area contributed by atoms with Crippen LogP contribution in [0.15, 0.2) is 6.20 Å². The summed E-state index contributed by atoms with van der Waals surface area (Å²) in [7, 11) is 1.64. The van der Waals surface area contributed by atoms with E-state index in [1.807, 2.05) is 0 Å². The number of nitrogens with zero attached hydrogens (tertiary/aromatic N) is 3. The summed E-state index contributed by atoms with van der Waals surface area (Å²) in [6, 6.07) is 0. The summed E-state index contributed by atoms with van der Waals surface area (Å²) in [4.78, 5) is 4.84. The highest BCUT2D eigenvalue weighted by molar-refractivity contribution is 7.16. The molecule has 0 unspecified atom stereocenters. The van der Waals surface area contributed by atoms with E-state index >= 15 is 0 Å². The molecule has 12 heavy (non-hydrogen) atoms. The van der Waals surface area contributed by atoms with Crippen LogP contribution in [0, 0.1) is 0 Å². The third kappa shape index (κ3) is 1.31. The number of halogens is 1. The molecule has 0 saturated heterocycles. The second kappa shape index (κ2) is 3.01. The minimum Gasteiger partial charge on any atom is -0.377 e. The highest BCUT2D eigenvalue weighted by Gasteiger charge is 2.05. The number of fused-ring (bicyclic) bond motifs is 1. The van der Waals surface area contributed by atoms with E-state index in [0.29, 0.717) is 11.8 Å². The van der Waals surface area contributed by atoms with Crippen LogP contribution in [-0.2, 0) is 11.3 Å². The van der Waals surface area contributed by atoms with Crippen LogP contribution in [0.25, 0.3) is 4.96 Å². The lowest BCUT2D eigenvalue weighted by Gasteiger charge is -1.87. The fourth-order valence-electron chi connectivity index (χ4n) is 0.897. The van der Waals surface area contributed by atoms with Crippen molar-refractivity contribution in [2.45, 2.75) is 6.61 Å². The van der Waals surface area contributed by atoms with Crippen molar-refractivity contribution in [1.29, 1.82) is 0 Å². The molecule has 4 nitrogen and oxygen atoms in total. The first-order valence-electron chi connectivity index (χ1n) is 3.29. The largest absolute Gasteiger partial charge is 0.377 e. The fourth-order valence-corrected chi connectivity index (χ4v) is 1.97. The van der Waals surface area contributed by atoms with Crippen molar-refractivity contribution in [2.24, 2.45) is 0 Å². The van der Waals surface area contributed by atoms with E-state index in [-0.39, 0.29) is 0 Å². The average Bonchev–Trinajstić information content (AvgIpc) is 2.44. The molecule has 0 aromatic carbocycles. The molecule has 2 aromatic heterocycles. The van der Waals surface area contributed by atoms with E-state index in [0.717, 1.165) is 9.97 Å². The zero-order chi connectivity index (χ0) is 8.55. The van der Waals surface area contributed by atoms with Crippen LogP contribution in [0.3, 0.4) is 0 Å². The summed E-state index contributed by atoms with van der Waals surface area (Å²) in [6.45, 7) is 0.519. The highest BCUT2D eigenvalue weighted by atomic mass is 35.5. The minimum atomic E-state index is 0.470. The first-order valence-corrected chi connectivity index (χ1v) is 4.48. The fraction of sp³-hybridized carbons (Fsp3) is 0.333. The van der Waals surface area contributed by atoms with Crippen molar-refractivity contribution < 1.29 is 4.74 Å². The number of ether oxygens (including phenoxy) is 1. The Morgan fingerprint density at radius 2 is 2.58 bits per heavy atom. The highest BCUT2D eigenvalue weighted by Crippen LogP contribution is 2.17. The van der Waals surface area contributed by atoms with Gasteiger partial charge in [0.15, 0.2) is 5.15 Å². The van der Waals surface area contributed by atoms with Crippen LogP contribution in [-0.4, -0.2) is 21.7 Å². The van der Waals surface area contributed by atoms with Crippen molar-refractivity contribution in [3.63, 3.8) is 0 Å². The van der Waals surface area contributed by atoms with Gasteiger partial charge in [0.1, 0.15) is 5.01 Å². The molecule has 0 spiro atoms. The summed E-state index contributed by atoms with van der Waals surface area (Å²) in [5.41, 5.74) is 0. The molecule has 0 saturated carbocycles. The van der Waals surface area contributed by atoms with Gasteiger partial charge in [-0.3, -0.25) is 0 Å². The standard InChI is InChI=1S/C6H6ClN3OS/c1-11-3-5-9-10-2-4(7)8-6(10)12-5/h2H,3H2,1H3. The molecule has 0 amide bonds. The molecule has 0 aliphatic carbocycles. The minimum absolute atomic E-state index is 0.470. The van der Waals surface area contributed by atoms with Crippen molar-refractivity contribution in [1.82, 2.24) is 14.6 Å². The normalized spacial score (nSPS) is 11.2. The number of imidazole rings is 1. The van der Waals surface area contributed by atoms with Gasteiger partial charge >= 0.3 is 0 Å². The number of rotatable bonds is 2. The number of hydrogen-bond donors (Lipinski definition) is 0. The van der Waals surface area contributed by atoms with Crippen LogP contribution in [0.4, 0.5) is 0 Å². The Kier molecular flexibility index (Phi) is 2.00. The van der Waals surface area contributed by atoms with E-state index in [4.69, 9.17) is 16.3 Å². The predicted molar refractivity (Wildman–Crippen MR) is 46.6 cm³/mol. The predicted octanol–water partition coefficient (Wildman–Crippen LogP) is 1.59. The van der Waals surface area contributed by atoms with Gasteiger partial charge < -0.3 is 4.74 Å². The van der Waals surface area contributed by atoms with Crippen LogP contribution >= 0.6 is 22.9 Å². The molecule has 0 aliphatic rings. The maximum Gasteiger partial charge on any atom is 0.213 e. The molecule has 0 N–H and O–H groups in total. The average molecular weight is 204 g/mol. The quantitative estimate of drug-likeness (QED) is 0.744. The van der Waals surface area contributed by atoms with Crippen LogP contribution < -0.4 is 0 Å². The van der Waals surface area contributed by atoms with Crippen molar-refractivity contribution in [3.8, 4) is 0 Å². The summed E-state index contributed by atoms with van der Waals surface area (Å²) in [5.74, 6) is 0. The van der Waals surface area contributed by atoms with Gasteiger partial charge in [0, 0.05) is 7.11 Å². The topological polar surface area (TPSA) is 39.4 Å². The van der Waals surface area contributed by atoms with Crippen molar-refractivity contribution >= 4 is 27.9 Å². The van der Waals surface area contributed by atoms with Crippen LogP contribution in [0.2, 0.25) is 5.15 Å². The molecular formula is C6H6ClN3OS. The Bertz CT molecular complexity index is 365. The van der Waals surface area contributed by atoms with Gasteiger partial charge in [-0.1, -0.05) is 22.9 Å². The van der Waals surface area contributed by atoms with Gasteiger partial charge in [0.2, 0.25) is 4.96 Å². The van der Waals surface area contributed by atoms with Gasteiger partial charge in [0.05, 0.1) is 12.8 Å². The van der Waals surface area contributed by atoms with Gasteiger partial charge in [0.25, 0.3) is 0 Å². The van der Waals surface area contributed by atoms with Crippen LogP contribution in [0.5, 0.6) is 0 Å². The molecule has 0 aliphatic heterocycles. The molecule has 0 fully saturated rings. The van der Waals surface area contributed by atoms with Crippen LogP contribution in [0.1, 0.15) is 5.01 Å². The van der Waals surface area contributed by atoms with Gasteiger partial charge in [-0.15, -0.1) is 0 Å². The third-order valence-electron chi connectivity index (χ3n) is 1.32. The molecule has 0 atom stereocenters. The summed E-state index contributed by atoms with van der Waals surface area (Å²) >= 11 is 7.13. The van der Waals surface area contributed by atoms with E-state index < -0.39 is 0 Å². The summed E-state index contributed by atoms with van der Waals surface area (Å²) < 4.78 is 6.58. The Balaban J connectivity index is 2.43. The molecule has 2 aromatic rings. The smallest absolute Gasteiger partial charge is 0.213 e. The Labute approximate surface area is 77.7 Å².